The van der Waals surface area contributed by atoms with Crippen LogP contribution in [0.3, 0.4) is 0 Å². The average Bonchev–Trinajstić information content (AvgIpc) is 3.15. The molecule has 2 aromatic carbocycles. The highest BCUT2D eigenvalue weighted by molar-refractivity contribution is 6.06. The molecule has 0 radical (unpaired) electrons. The van der Waals surface area contributed by atoms with Crippen LogP contribution >= 0.6 is 0 Å². The fraction of sp³-hybridized carbons (Fsp3) is 0.320. The van der Waals surface area contributed by atoms with Crippen LogP contribution in [0.2, 0.25) is 0 Å². The molecule has 0 saturated carbocycles. The average molecular weight is 428 g/mol. The predicted molar refractivity (Wildman–Crippen MR) is 120 cm³/mol. The Hall–Kier alpha value is -3.45. The van der Waals surface area contributed by atoms with E-state index in [1.165, 1.54) is 0 Å². The zero-order valence-corrected chi connectivity index (χ0v) is 17.6. The van der Waals surface area contributed by atoms with Crippen molar-refractivity contribution in [1.82, 2.24) is 15.2 Å². The lowest BCUT2D eigenvalue weighted by molar-refractivity contribution is -0.0393. The number of carbonyl (C=O) groups excluding carboxylic acids is 2. The Labute approximate surface area is 185 Å². The second-order valence-corrected chi connectivity index (χ2v) is 9.02. The second-order valence-electron chi connectivity index (χ2n) is 9.02. The molecule has 2 amide bonds. The molecule has 3 aromatic rings. The van der Waals surface area contributed by atoms with Crippen LogP contribution in [0, 0.1) is 0 Å². The summed E-state index contributed by atoms with van der Waals surface area (Å²) in [5.74, 6) is -0.0404. The van der Waals surface area contributed by atoms with E-state index >= 15 is 0 Å². The van der Waals surface area contributed by atoms with Gasteiger partial charge >= 0.3 is 0 Å². The first-order valence-corrected chi connectivity index (χ1v) is 11.0. The summed E-state index contributed by atoms with van der Waals surface area (Å²) in [7, 11) is 0. The van der Waals surface area contributed by atoms with Crippen LogP contribution in [0.5, 0.6) is 0 Å². The van der Waals surface area contributed by atoms with Crippen molar-refractivity contribution in [2.24, 2.45) is 0 Å². The molecule has 1 aromatic heterocycles. The number of ether oxygens (including phenoxy) is 1. The number of rotatable bonds is 1. The molecule has 3 aliphatic heterocycles. The van der Waals surface area contributed by atoms with E-state index < -0.39 is 5.66 Å². The number of carbonyl (C=O) groups is 2. The summed E-state index contributed by atoms with van der Waals surface area (Å²) < 4.78 is 6.32. The Balaban J connectivity index is 1.18. The molecule has 32 heavy (non-hydrogen) atoms. The van der Waals surface area contributed by atoms with Crippen molar-refractivity contribution in [2.75, 3.05) is 25.0 Å². The predicted octanol–water partition coefficient (Wildman–Crippen LogP) is 3.18. The Morgan fingerprint density at radius 3 is 2.72 bits per heavy atom. The van der Waals surface area contributed by atoms with Gasteiger partial charge in [-0.3, -0.25) is 14.6 Å². The first kappa shape index (κ1) is 19.3. The van der Waals surface area contributed by atoms with Gasteiger partial charge in [0.05, 0.1) is 23.3 Å². The van der Waals surface area contributed by atoms with Crippen molar-refractivity contribution >= 4 is 28.4 Å². The van der Waals surface area contributed by atoms with Gasteiger partial charge < -0.3 is 20.3 Å². The standard InChI is InChI=1S/C25H24N4O3/c30-22-19-5-1-2-8-21(19)27-25(28-22)15-24(32-16-25)10-13-29(14-11-24)23(31)18-6-3-9-20-17(18)7-4-12-26-20/h1-9,12,27H,10-11,13-16H2,(H,28,30). The molecule has 2 spiro atoms. The third-order valence-electron chi connectivity index (χ3n) is 6.99. The van der Waals surface area contributed by atoms with Crippen LogP contribution in [0.25, 0.3) is 10.9 Å². The van der Waals surface area contributed by atoms with Gasteiger partial charge in [-0.1, -0.05) is 24.3 Å². The van der Waals surface area contributed by atoms with Crippen LogP contribution in [0.4, 0.5) is 5.69 Å². The van der Waals surface area contributed by atoms with Crippen LogP contribution in [0.15, 0.2) is 60.8 Å². The van der Waals surface area contributed by atoms with Gasteiger partial charge in [0.2, 0.25) is 0 Å². The van der Waals surface area contributed by atoms with Crippen molar-refractivity contribution in [3.63, 3.8) is 0 Å². The lowest BCUT2D eigenvalue weighted by Gasteiger charge is -2.41. The Kier molecular flexibility index (Phi) is 4.23. The molecule has 1 atom stereocenters. The third kappa shape index (κ3) is 3.04. The van der Waals surface area contributed by atoms with Gasteiger partial charge in [0, 0.05) is 42.3 Å². The Bertz CT molecular complexity index is 1230. The zero-order chi connectivity index (χ0) is 21.8. The maximum absolute atomic E-state index is 13.3. The van der Waals surface area contributed by atoms with Crippen LogP contribution in [-0.4, -0.2) is 52.7 Å². The molecule has 162 valence electrons. The molecule has 1 unspecified atom stereocenters. The summed E-state index contributed by atoms with van der Waals surface area (Å²) >= 11 is 0. The number of para-hydroxylation sites is 1. The Morgan fingerprint density at radius 2 is 1.84 bits per heavy atom. The normalized spacial score (nSPS) is 23.8. The number of aromatic nitrogens is 1. The second kappa shape index (κ2) is 7.03. The van der Waals surface area contributed by atoms with E-state index in [-0.39, 0.29) is 17.4 Å². The summed E-state index contributed by atoms with van der Waals surface area (Å²) in [6, 6.07) is 17.0. The summed E-state index contributed by atoms with van der Waals surface area (Å²) in [6.07, 6.45) is 3.90. The molecule has 4 heterocycles. The maximum Gasteiger partial charge on any atom is 0.255 e. The summed E-state index contributed by atoms with van der Waals surface area (Å²) in [5, 5.41) is 7.53. The molecule has 2 fully saturated rings. The monoisotopic (exact) mass is 428 g/mol. The molecule has 6 rings (SSSR count). The first-order chi connectivity index (χ1) is 15.6. The van der Waals surface area contributed by atoms with E-state index in [9.17, 15) is 9.59 Å². The summed E-state index contributed by atoms with van der Waals surface area (Å²) in [6.45, 7) is 1.65. The molecule has 7 nitrogen and oxygen atoms in total. The van der Waals surface area contributed by atoms with Gasteiger partial charge in [-0.15, -0.1) is 0 Å². The zero-order valence-electron chi connectivity index (χ0n) is 17.6. The molecule has 3 aliphatic rings. The number of likely N-dealkylation sites (tertiary alicyclic amines) is 1. The molecule has 7 heteroatoms. The van der Waals surface area contributed by atoms with Gasteiger partial charge in [0.25, 0.3) is 11.8 Å². The number of nitrogens with zero attached hydrogens (tertiary/aromatic N) is 2. The van der Waals surface area contributed by atoms with E-state index in [1.54, 1.807) is 6.20 Å². The molecular formula is C25H24N4O3. The minimum atomic E-state index is -0.598. The van der Waals surface area contributed by atoms with E-state index in [0.29, 0.717) is 37.2 Å². The quantitative estimate of drug-likeness (QED) is 0.622. The van der Waals surface area contributed by atoms with E-state index in [4.69, 9.17) is 4.74 Å². The highest BCUT2D eigenvalue weighted by Crippen LogP contribution is 2.43. The number of nitrogens with one attached hydrogen (secondary N) is 2. The smallest absolute Gasteiger partial charge is 0.255 e. The number of pyridine rings is 1. The van der Waals surface area contributed by atoms with Crippen molar-refractivity contribution in [1.29, 1.82) is 0 Å². The first-order valence-electron chi connectivity index (χ1n) is 11.0. The molecule has 0 bridgehead atoms. The summed E-state index contributed by atoms with van der Waals surface area (Å²) in [5.41, 5.74) is 2.07. The highest BCUT2D eigenvalue weighted by Gasteiger charge is 2.53. The van der Waals surface area contributed by atoms with Crippen LogP contribution in [-0.2, 0) is 4.74 Å². The fourth-order valence-electron chi connectivity index (χ4n) is 5.35. The minimum absolute atomic E-state index is 0.0316. The van der Waals surface area contributed by atoms with Crippen molar-refractivity contribution in [3.05, 3.63) is 71.9 Å². The third-order valence-corrected chi connectivity index (χ3v) is 6.99. The number of piperidine rings is 1. The van der Waals surface area contributed by atoms with Gasteiger partial charge in [-0.05, 0) is 43.2 Å². The number of benzene rings is 2. The lowest BCUT2D eigenvalue weighted by Crippen LogP contribution is -2.59. The largest absolute Gasteiger partial charge is 0.370 e. The van der Waals surface area contributed by atoms with Gasteiger partial charge in [0.15, 0.2) is 0 Å². The molecule has 2 saturated heterocycles. The number of amides is 2. The SMILES string of the molecule is O=C1NC2(COC3(CCN(C(=O)c4cccc5ncccc45)CC3)C2)Nc2ccccc21. The molecular weight excluding hydrogens is 404 g/mol. The van der Waals surface area contributed by atoms with Crippen molar-refractivity contribution < 1.29 is 14.3 Å². The van der Waals surface area contributed by atoms with E-state index in [0.717, 1.165) is 29.4 Å². The Morgan fingerprint density at radius 1 is 1.00 bits per heavy atom. The van der Waals surface area contributed by atoms with E-state index in [2.05, 4.69) is 15.6 Å². The topological polar surface area (TPSA) is 83.6 Å². The van der Waals surface area contributed by atoms with Crippen LogP contribution in [0.1, 0.15) is 40.0 Å². The number of anilines is 1. The number of fused-ring (bicyclic) bond motifs is 2. The maximum atomic E-state index is 13.3. The van der Waals surface area contributed by atoms with Gasteiger partial charge in [0.1, 0.15) is 5.66 Å². The van der Waals surface area contributed by atoms with Gasteiger partial charge in [-0.25, -0.2) is 0 Å². The van der Waals surface area contributed by atoms with Crippen molar-refractivity contribution in [3.8, 4) is 0 Å². The number of hydrogen-bond acceptors (Lipinski definition) is 5. The number of hydrogen-bond donors (Lipinski definition) is 2. The summed E-state index contributed by atoms with van der Waals surface area (Å²) in [4.78, 5) is 32.2. The van der Waals surface area contributed by atoms with Crippen molar-refractivity contribution in [2.45, 2.75) is 30.5 Å². The highest BCUT2D eigenvalue weighted by atomic mass is 16.5. The fourth-order valence-corrected chi connectivity index (χ4v) is 5.35. The van der Waals surface area contributed by atoms with Crippen LogP contribution < -0.4 is 10.6 Å². The minimum Gasteiger partial charge on any atom is -0.370 e. The molecule has 0 aliphatic carbocycles. The van der Waals surface area contributed by atoms with Gasteiger partial charge in [-0.2, -0.15) is 0 Å². The van der Waals surface area contributed by atoms with E-state index in [1.807, 2.05) is 59.5 Å². The molecule has 2 N–H and O–H groups in total. The lowest BCUT2D eigenvalue weighted by atomic mass is 9.84.